The van der Waals surface area contributed by atoms with Gasteiger partial charge in [-0.05, 0) is 116 Å². The maximum atomic E-state index is 5.68. The number of aromatic nitrogens is 1. The SMILES string of the molecule is CC1(C)c2ccccc2-c2ccc(C3N=C(c4cccc5c4sc4cc(-n6c7ccc(C8=CCCC=C8)cc7c7c8ccccc8ccc76)ccc45)N=C(C4C=CC=C5C6C=CC=C[C@H]6C(C)(C)C54)N3)cc21. The number of hydrogen-bond donors (Lipinski definition) is 1. The molecule has 1 aliphatic heterocycles. The average molecular weight is 947 g/mol. The molecule has 0 bridgehead atoms. The summed E-state index contributed by atoms with van der Waals surface area (Å²) in [6, 6.07) is 50.3. The number of nitrogens with one attached hydrogen (secondary N) is 1. The lowest BCUT2D eigenvalue weighted by atomic mass is 9.67. The molecular weight excluding hydrogens is 893 g/mol. The van der Waals surface area contributed by atoms with Gasteiger partial charge < -0.3 is 9.88 Å². The highest BCUT2D eigenvalue weighted by atomic mass is 32.1. The Morgan fingerprint density at radius 1 is 0.653 bits per heavy atom. The predicted molar refractivity (Wildman–Crippen MR) is 305 cm³/mol. The quantitative estimate of drug-likeness (QED) is 0.184. The Kier molecular flexibility index (Phi) is 9.04. The van der Waals surface area contributed by atoms with Gasteiger partial charge in [0.1, 0.15) is 12.0 Å². The Morgan fingerprint density at radius 2 is 1.47 bits per heavy atom. The summed E-state index contributed by atoms with van der Waals surface area (Å²) in [5, 5.41) is 11.6. The molecule has 3 heterocycles. The van der Waals surface area contributed by atoms with Gasteiger partial charge in [-0.1, -0.05) is 191 Å². The van der Waals surface area contributed by atoms with Gasteiger partial charge in [-0.25, -0.2) is 9.98 Å². The number of fused-ring (bicyclic) bond motifs is 14. The number of allylic oxidation sites excluding steroid dienone is 11. The maximum absolute atomic E-state index is 5.68. The molecule has 0 spiro atoms. The van der Waals surface area contributed by atoms with Crippen LogP contribution in [0.15, 0.2) is 210 Å². The minimum absolute atomic E-state index is 0.0181. The largest absolute Gasteiger partial charge is 0.348 e. The molecule has 2 aromatic heterocycles. The molecule has 9 aromatic rings. The van der Waals surface area contributed by atoms with Gasteiger partial charge in [0, 0.05) is 59.4 Å². The second kappa shape index (κ2) is 15.5. The van der Waals surface area contributed by atoms with Crippen LogP contribution in [0.1, 0.15) is 74.5 Å². The number of benzene rings is 7. The van der Waals surface area contributed by atoms with Crippen molar-refractivity contribution < 1.29 is 0 Å². The predicted octanol–water partition coefficient (Wildman–Crippen LogP) is 16.9. The van der Waals surface area contributed by atoms with Crippen LogP contribution < -0.4 is 5.32 Å². The summed E-state index contributed by atoms with van der Waals surface area (Å²) < 4.78 is 4.95. The molecule has 4 unspecified atom stereocenters. The normalized spacial score (nSPS) is 23.2. The van der Waals surface area contributed by atoms with Crippen LogP contribution in [0.2, 0.25) is 0 Å². The molecule has 5 heteroatoms. The summed E-state index contributed by atoms with van der Waals surface area (Å²) >= 11 is 1.86. The monoisotopic (exact) mass is 946 g/mol. The van der Waals surface area contributed by atoms with E-state index in [4.69, 9.17) is 9.98 Å². The first-order valence-corrected chi connectivity index (χ1v) is 26.7. The second-order valence-electron chi connectivity index (χ2n) is 22.0. The van der Waals surface area contributed by atoms with Crippen molar-refractivity contribution in [2.24, 2.45) is 39.1 Å². The van der Waals surface area contributed by atoms with Gasteiger partial charge in [-0.2, -0.15) is 0 Å². The Labute approximate surface area is 424 Å². The Bertz CT molecular complexity index is 4120. The van der Waals surface area contributed by atoms with Crippen molar-refractivity contribution in [3.05, 3.63) is 228 Å². The average Bonchev–Trinajstić information content (AvgIpc) is 4.11. The van der Waals surface area contributed by atoms with Gasteiger partial charge in [-0.3, -0.25) is 0 Å². The van der Waals surface area contributed by atoms with E-state index in [1.807, 2.05) is 11.3 Å². The van der Waals surface area contributed by atoms with E-state index in [2.05, 4.69) is 232 Å². The van der Waals surface area contributed by atoms with E-state index in [1.165, 1.54) is 91.7 Å². The van der Waals surface area contributed by atoms with Gasteiger partial charge >= 0.3 is 0 Å². The van der Waals surface area contributed by atoms with Crippen LogP contribution in [0.3, 0.4) is 0 Å². The number of nitrogens with zero attached hydrogens (tertiary/aromatic N) is 3. The molecule has 6 aliphatic rings. The van der Waals surface area contributed by atoms with Gasteiger partial charge in [0.15, 0.2) is 5.84 Å². The minimum Gasteiger partial charge on any atom is -0.348 e. The van der Waals surface area contributed by atoms with Crippen molar-refractivity contribution >= 4 is 81.3 Å². The van der Waals surface area contributed by atoms with Gasteiger partial charge in [0.05, 0.1) is 11.0 Å². The van der Waals surface area contributed by atoms with E-state index in [-0.39, 0.29) is 28.8 Å². The lowest BCUT2D eigenvalue weighted by Gasteiger charge is -2.39. The first-order valence-electron chi connectivity index (χ1n) is 25.9. The second-order valence-corrected chi connectivity index (χ2v) is 23.1. The van der Waals surface area contributed by atoms with Crippen molar-refractivity contribution in [2.75, 3.05) is 0 Å². The number of aliphatic imine (C=N–C) groups is 2. The summed E-state index contributed by atoms with van der Waals surface area (Å²) in [5.74, 6) is 2.97. The third-order valence-electron chi connectivity index (χ3n) is 17.5. The Hall–Kier alpha value is -7.60. The molecule has 1 fully saturated rings. The molecule has 1 saturated carbocycles. The molecule has 7 aromatic carbocycles. The highest BCUT2D eigenvalue weighted by Crippen LogP contribution is 2.60. The molecule has 5 atom stereocenters. The van der Waals surface area contributed by atoms with E-state index in [9.17, 15) is 0 Å². The summed E-state index contributed by atoms with van der Waals surface area (Å²) in [4.78, 5) is 11.3. The van der Waals surface area contributed by atoms with Crippen molar-refractivity contribution in [2.45, 2.75) is 52.1 Å². The molecule has 4 nitrogen and oxygen atoms in total. The van der Waals surface area contributed by atoms with E-state index < -0.39 is 0 Å². The molecule has 0 saturated heterocycles. The van der Waals surface area contributed by atoms with Crippen LogP contribution in [0.5, 0.6) is 0 Å². The summed E-state index contributed by atoms with van der Waals surface area (Å²) in [6.45, 7) is 9.67. The van der Waals surface area contributed by atoms with Gasteiger partial charge in [-0.15, -0.1) is 11.3 Å². The lowest BCUT2D eigenvalue weighted by Crippen LogP contribution is -2.43. The number of thiophene rings is 1. The topological polar surface area (TPSA) is 41.7 Å². The van der Waals surface area contributed by atoms with E-state index in [1.54, 1.807) is 0 Å². The fraction of sp³-hybridized carbons (Fsp3) is 0.194. The van der Waals surface area contributed by atoms with Crippen molar-refractivity contribution in [3.63, 3.8) is 0 Å². The third kappa shape index (κ3) is 6.04. The van der Waals surface area contributed by atoms with Crippen LogP contribution in [0, 0.1) is 29.1 Å². The van der Waals surface area contributed by atoms with Crippen LogP contribution in [0.4, 0.5) is 0 Å². The zero-order valence-electron chi connectivity index (χ0n) is 41.0. The zero-order valence-corrected chi connectivity index (χ0v) is 41.8. The van der Waals surface area contributed by atoms with E-state index in [0.717, 1.165) is 41.3 Å². The minimum atomic E-state index is -0.319. The van der Waals surface area contributed by atoms with Crippen molar-refractivity contribution in [1.29, 1.82) is 0 Å². The Morgan fingerprint density at radius 3 is 2.39 bits per heavy atom. The summed E-state index contributed by atoms with van der Waals surface area (Å²) in [5.41, 5.74) is 15.2. The number of hydrogen-bond acceptors (Lipinski definition) is 4. The summed E-state index contributed by atoms with van der Waals surface area (Å²) in [7, 11) is 0. The lowest BCUT2D eigenvalue weighted by molar-refractivity contribution is 0.200. The van der Waals surface area contributed by atoms with Crippen molar-refractivity contribution in [3.8, 4) is 16.8 Å². The number of rotatable bonds is 5. The third-order valence-corrected chi connectivity index (χ3v) is 18.7. The van der Waals surface area contributed by atoms with Gasteiger partial charge in [0.25, 0.3) is 0 Å². The van der Waals surface area contributed by atoms with Crippen LogP contribution in [0.25, 0.3) is 75.1 Å². The zero-order chi connectivity index (χ0) is 48.0. The highest BCUT2D eigenvalue weighted by Gasteiger charge is 2.54. The summed E-state index contributed by atoms with van der Waals surface area (Å²) in [6.07, 6.45) is 25.3. The smallest absolute Gasteiger partial charge is 0.160 e. The molecule has 15 rings (SSSR count). The number of amidine groups is 2. The van der Waals surface area contributed by atoms with E-state index in [0.29, 0.717) is 11.8 Å². The molecule has 0 radical (unpaired) electrons. The molecule has 348 valence electrons. The first-order chi connectivity index (χ1) is 35.2. The first kappa shape index (κ1) is 42.1. The molecular formula is C67H54N4S. The van der Waals surface area contributed by atoms with Crippen LogP contribution in [-0.4, -0.2) is 16.2 Å². The van der Waals surface area contributed by atoms with Gasteiger partial charge in [0.2, 0.25) is 0 Å². The molecule has 72 heavy (non-hydrogen) atoms. The molecule has 5 aliphatic carbocycles. The Balaban J connectivity index is 0.887. The standard InChI is InChI=1S/C67H54N4S/c1-66(2)54-26-12-10-20-45(54)47-32-28-42(37-56(47)66)63-68-64(51-24-14-22-49-46-21-11-13-27-55(46)67(3,4)61(49)51)70-65(69-63)52-25-15-23-50-48-33-31-43(38-59(48)72-62(50)52)71-57-34-30-41(39-16-6-5-7-17-39)36-53(57)60-44-19-9-8-18-40(44)29-35-58(60)71/h6,8-38,46,51,55,61,63H,5,7H2,1-4H3,(H,68,69,70)/t46?,51?,55-,61?,63?/m1/s1. The maximum Gasteiger partial charge on any atom is 0.160 e. The van der Waals surface area contributed by atoms with Crippen LogP contribution in [-0.2, 0) is 5.41 Å². The fourth-order valence-corrected chi connectivity index (χ4v) is 15.3. The molecule has 0 amide bonds. The molecule has 1 N–H and O–H groups in total. The van der Waals surface area contributed by atoms with Crippen LogP contribution >= 0.6 is 11.3 Å². The fourth-order valence-electron chi connectivity index (χ4n) is 14.0. The van der Waals surface area contributed by atoms with Crippen molar-refractivity contribution in [1.82, 2.24) is 9.88 Å². The van der Waals surface area contributed by atoms with E-state index >= 15 is 0 Å². The highest BCUT2D eigenvalue weighted by molar-refractivity contribution is 7.26.